The van der Waals surface area contributed by atoms with Gasteiger partial charge in [-0.05, 0) is 44.0 Å². The smallest absolute Gasteiger partial charge is 0.252 e. The molecular weight excluding hydrogens is 268 g/mol. The summed E-state index contributed by atoms with van der Waals surface area (Å²) in [6.45, 7) is 7.32. The number of benzene rings is 1. The third-order valence-corrected chi connectivity index (χ3v) is 3.72. The van der Waals surface area contributed by atoms with Crippen LogP contribution in [0, 0.1) is 5.92 Å². The van der Waals surface area contributed by atoms with Gasteiger partial charge in [0, 0.05) is 5.69 Å². The monoisotopic (exact) mass is 290 g/mol. The number of amides is 2. The van der Waals surface area contributed by atoms with E-state index in [1.54, 1.807) is 50.1 Å². The normalized spacial score (nSPS) is 21.4. The number of nitrogens with one attached hydrogen (secondary N) is 1. The highest BCUT2D eigenvalue weighted by atomic mass is 16.5. The lowest BCUT2D eigenvalue weighted by atomic mass is 9.91. The van der Waals surface area contributed by atoms with Crippen LogP contribution in [0.3, 0.4) is 0 Å². The Morgan fingerprint density at radius 3 is 2.24 bits per heavy atom. The summed E-state index contributed by atoms with van der Waals surface area (Å²) in [4.78, 5) is 26.7. The molecule has 1 aliphatic rings. The Labute approximate surface area is 125 Å². The molecular formula is C16H22N2O3. The van der Waals surface area contributed by atoms with Crippen molar-refractivity contribution in [3.63, 3.8) is 0 Å². The van der Waals surface area contributed by atoms with Gasteiger partial charge in [-0.1, -0.05) is 13.8 Å². The van der Waals surface area contributed by atoms with Crippen molar-refractivity contribution in [1.82, 2.24) is 5.32 Å². The molecule has 114 valence electrons. The third-order valence-electron chi connectivity index (χ3n) is 3.72. The quantitative estimate of drug-likeness (QED) is 0.926. The van der Waals surface area contributed by atoms with Gasteiger partial charge in [-0.25, -0.2) is 0 Å². The summed E-state index contributed by atoms with van der Waals surface area (Å²) in [5, 5.41) is 2.80. The molecule has 0 aliphatic carbocycles. The predicted octanol–water partition coefficient (Wildman–Crippen LogP) is 1.96. The van der Waals surface area contributed by atoms with E-state index in [9.17, 15) is 9.59 Å². The Kier molecular flexibility index (Phi) is 3.94. The van der Waals surface area contributed by atoms with Crippen LogP contribution in [-0.2, 0) is 9.59 Å². The van der Waals surface area contributed by atoms with Crippen LogP contribution in [0.15, 0.2) is 24.3 Å². The fraction of sp³-hybridized carbons (Fsp3) is 0.500. The minimum atomic E-state index is -0.900. The average molecular weight is 290 g/mol. The topological polar surface area (TPSA) is 58.6 Å². The fourth-order valence-corrected chi connectivity index (χ4v) is 2.60. The number of anilines is 1. The van der Waals surface area contributed by atoms with E-state index in [4.69, 9.17) is 4.74 Å². The zero-order valence-corrected chi connectivity index (χ0v) is 13.1. The zero-order chi connectivity index (χ0) is 15.8. The van der Waals surface area contributed by atoms with Crippen molar-refractivity contribution in [3.05, 3.63) is 24.3 Å². The highest BCUT2D eigenvalue weighted by molar-refractivity contribution is 6.10. The number of hydrogen-bond donors (Lipinski definition) is 1. The second kappa shape index (κ2) is 5.39. The van der Waals surface area contributed by atoms with Crippen LogP contribution in [0.5, 0.6) is 5.75 Å². The van der Waals surface area contributed by atoms with E-state index in [1.165, 1.54) is 0 Å². The van der Waals surface area contributed by atoms with Crippen LogP contribution in [0.25, 0.3) is 0 Å². The van der Waals surface area contributed by atoms with Crippen molar-refractivity contribution in [1.29, 1.82) is 0 Å². The molecule has 5 nitrogen and oxygen atoms in total. The van der Waals surface area contributed by atoms with Gasteiger partial charge < -0.3 is 10.1 Å². The van der Waals surface area contributed by atoms with E-state index < -0.39 is 11.6 Å². The third kappa shape index (κ3) is 2.73. The van der Waals surface area contributed by atoms with Crippen molar-refractivity contribution >= 4 is 17.5 Å². The molecule has 0 saturated carbocycles. The van der Waals surface area contributed by atoms with E-state index in [2.05, 4.69) is 5.32 Å². The minimum Gasteiger partial charge on any atom is -0.497 e. The highest BCUT2D eigenvalue weighted by Crippen LogP contribution is 2.29. The van der Waals surface area contributed by atoms with E-state index >= 15 is 0 Å². The molecule has 1 heterocycles. The zero-order valence-electron chi connectivity index (χ0n) is 13.1. The summed E-state index contributed by atoms with van der Waals surface area (Å²) in [7, 11) is 1.59. The molecule has 5 heteroatoms. The number of nitrogens with zero attached hydrogens (tertiary/aromatic N) is 1. The largest absolute Gasteiger partial charge is 0.497 e. The first kappa shape index (κ1) is 15.4. The average Bonchev–Trinajstić information content (AvgIpc) is 2.41. The molecule has 1 N–H and O–H groups in total. The van der Waals surface area contributed by atoms with Crippen molar-refractivity contribution < 1.29 is 14.3 Å². The Balaban J connectivity index is 2.47. The molecule has 1 aliphatic heterocycles. The van der Waals surface area contributed by atoms with Crippen LogP contribution < -0.4 is 15.0 Å². The lowest BCUT2D eigenvalue weighted by Gasteiger charge is -2.44. The van der Waals surface area contributed by atoms with Gasteiger partial charge in [-0.3, -0.25) is 14.5 Å². The molecule has 2 rings (SSSR count). The number of methoxy groups -OCH3 is 1. The Bertz CT molecular complexity index is 549. The number of carbonyl (C=O) groups is 2. The Morgan fingerprint density at radius 2 is 1.76 bits per heavy atom. The molecule has 0 spiro atoms. The second-order valence-corrected chi connectivity index (χ2v) is 6.18. The molecule has 1 atom stereocenters. The van der Waals surface area contributed by atoms with Crippen LogP contribution in [0.1, 0.15) is 27.7 Å². The first-order chi connectivity index (χ1) is 9.77. The summed E-state index contributed by atoms with van der Waals surface area (Å²) < 4.78 is 5.14. The van der Waals surface area contributed by atoms with E-state index in [-0.39, 0.29) is 17.7 Å². The predicted molar refractivity (Wildman–Crippen MR) is 81.3 cm³/mol. The van der Waals surface area contributed by atoms with Crippen molar-refractivity contribution in [2.75, 3.05) is 12.0 Å². The van der Waals surface area contributed by atoms with Crippen molar-refractivity contribution in [3.8, 4) is 5.75 Å². The molecule has 1 fully saturated rings. The van der Waals surface area contributed by atoms with Gasteiger partial charge in [0.15, 0.2) is 0 Å². The second-order valence-electron chi connectivity index (χ2n) is 6.18. The summed E-state index contributed by atoms with van der Waals surface area (Å²) in [6.07, 6.45) is 0. The summed E-state index contributed by atoms with van der Waals surface area (Å²) in [5.41, 5.74) is -0.190. The highest BCUT2D eigenvalue weighted by Gasteiger charge is 2.46. The SMILES string of the molecule is COc1ccc(N2C(=O)C(C)(C)NC(=O)C2C(C)C)cc1. The van der Waals surface area contributed by atoms with E-state index in [1.807, 2.05) is 13.8 Å². The molecule has 1 aromatic rings. The van der Waals surface area contributed by atoms with Crippen LogP contribution in [0.2, 0.25) is 0 Å². The standard InChI is InChI=1S/C16H22N2O3/c1-10(2)13-14(19)17-16(3,4)15(20)18(13)11-6-8-12(21-5)9-7-11/h6-10,13H,1-5H3,(H,17,19). The molecule has 0 radical (unpaired) electrons. The number of piperazine rings is 1. The summed E-state index contributed by atoms with van der Waals surface area (Å²) in [5.74, 6) is 0.511. The molecule has 1 saturated heterocycles. The first-order valence-electron chi connectivity index (χ1n) is 7.07. The maximum atomic E-state index is 12.7. The first-order valence-corrected chi connectivity index (χ1v) is 7.07. The number of carbonyl (C=O) groups excluding carboxylic acids is 2. The Morgan fingerprint density at radius 1 is 1.19 bits per heavy atom. The maximum absolute atomic E-state index is 12.7. The van der Waals surface area contributed by atoms with Gasteiger partial charge in [-0.2, -0.15) is 0 Å². The van der Waals surface area contributed by atoms with Crippen LogP contribution in [0.4, 0.5) is 5.69 Å². The van der Waals surface area contributed by atoms with Gasteiger partial charge in [0.05, 0.1) is 7.11 Å². The molecule has 2 amide bonds. The van der Waals surface area contributed by atoms with Gasteiger partial charge in [0.1, 0.15) is 17.3 Å². The van der Waals surface area contributed by atoms with E-state index in [0.717, 1.165) is 0 Å². The molecule has 1 aromatic carbocycles. The molecule has 21 heavy (non-hydrogen) atoms. The molecule has 0 bridgehead atoms. The van der Waals surface area contributed by atoms with Crippen LogP contribution in [-0.4, -0.2) is 30.5 Å². The summed E-state index contributed by atoms with van der Waals surface area (Å²) >= 11 is 0. The van der Waals surface area contributed by atoms with E-state index in [0.29, 0.717) is 11.4 Å². The minimum absolute atomic E-state index is 0.0205. The van der Waals surface area contributed by atoms with Gasteiger partial charge >= 0.3 is 0 Å². The van der Waals surface area contributed by atoms with Gasteiger partial charge in [0.25, 0.3) is 5.91 Å². The lowest BCUT2D eigenvalue weighted by molar-refractivity contribution is -0.138. The van der Waals surface area contributed by atoms with Gasteiger partial charge in [-0.15, -0.1) is 0 Å². The van der Waals surface area contributed by atoms with Gasteiger partial charge in [0.2, 0.25) is 5.91 Å². The Hall–Kier alpha value is -2.04. The lowest BCUT2D eigenvalue weighted by Crippen LogP contribution is -2.69. The summed E-state index contributed by atoms with van der Waals surface area (Å²) in [6, 6.07) is 6.69. The molecule has 1 unspecified atom stereocenters. The number of ether oxygens (including phenoxy) is 1. The fourth-order valence-electron chi connectivity index (χ4n) is 2.60. The number of hydrogen-bond acceptors (Lipinski definition) is 3. The maximum Gasteiger partial charge on any atom is 0.252 e. The van der Waals surface area contributed by atoms with Crippen molar-refractivity contribution in [2.45, 2.75) is 39.3 Å². The van der Waals surface area contributed by atoms with Crippen molar-refractivity contribution in [2.24, 2.45) is 5.92 Å². The molecule has 0 aromatic heterocycles. The number of rotatable bonds is 3. The van der Waals surface area contributed by atoms with Crippen LogP contribution >= 0.6 is 0 Å².